The molecule has 0 saturated heterocycles. The smallest absolute Gasteiger partial charge is 0.404 e. The Bertz CT molecular complexity index is 205. The number of hydrogen-bond donors (Lipinski definition) is 3. The fourth-order valence-corrected chi connectivity index (χ4v) is 1.06. The maximum atomic E-state index is 10.1. The van der Waals surface area contributed by atoms with Crippen molar-refractivity contribution in [2.75, 3.05) is 0 Å². The summed E-state index contributed by atoms with van der Waals surface area (Å²) in [5, 5.41) is 14.1. The first kappa shape index (κ1) is 7.68. The van der Waals surface area contributed by atoms with Crippen LogP contribution in [0.5, 0.6) is 0 Å². The van der Waals surface area contributed by atoms with Crippen LogP contribution < -0.4 is 10.2 Å². The first-order valence-corrected chi connectivity index (χ1v) is 3.28. The zero-order valence-electron chi connectivity index (χ0n) is 5.82. The monoisotopic (exact) mass is 157 g/mol. The van der Waals surface area contributed by atoms with E-state index in [-0.39, 0.29) is 12.1 Å². The van der Waals surface area contributed by atoms with Crippen molar-refractivity contribution in [3.05, 3.63) is 0 Å². The third kappa shape index (κ3) is 2.01. The van der Waals surface area contributed by atoms with E-state index < -0.39 is 6.09 Å². The molecular weight excluding hydrogens is 148 g/mol. The van der Waals surface area contributed by atoms with E-state index in [1.165, 1.54) is 0 Å². The molecule has 0 spiro atoms. The largest absolute Gasteiger partial charge is 0.465 e. The lowest BCUT2D eigenvalue weighted by Gasteiger charge is -2.27. The second kappa shape index (κ2) is 3.12. The van der Waals surface area contributed by atoms with Gasteiger partial charge in [-0.3, -0.25) is 0 Å². The van der Waals surface area contributed by atoms with Crippen molar-refractivity contribution >= 4 is 6.09 Å². The van der Waals surface area contributed by atoms with Crippen molar-refractivity contribution in [2.45, 2.75) is 24.9 Å². The van der Waals surface area contributed by atoms with Crippen LogP contribution >= 0.6 is 0 Å². The zero-order chi connectivity index (χ0) is 8.27. The van der Waals surface area contributed by atoms with Gasteiger partial charge in [-0.05, 0) is 12.8 Å². The van der Waals surface area contributed by atoms with Crippen molar-refractivity contribution in [3.63, 3.8) is 0 Å². The second-order valence-electron chi connectivity index (χ2n) is 2.49. The van der Waals surface area contributed by atoms with Gasteiger partial charge in [0.1, 0.15) is 16.7 Å². The van der Waals surface area contributed by atoms with Crippen LogP contribution in [0.1, 0.15) is 12.8 Å². The number of rotatable bonds is 2. The quantitative estimate of drug-likeness (QED) is 0.397. The summed E-state index contributed by atoms with van der Waals surface area (Å²) >= 11 is 0. The average Bonchev–Trinajstić information content (AvgIpc) is 1.82. The van der Waals surface area contributed by atoms with Gasteiger partial charge in [-0.2, -0.15) is 0 Å². The fraction of sp³-hybridized carbons (Fsp3) is 0.800. The summed E-state index contributed by atoms with van der Waals surface area (Å²) in [6.45, 7) is 0. The summed E-state index contributed by atoms with van der Waals surface area (Å²) in [5.74, 6) is 0. The van der Waals surface area contributed by atoms with Crippen molar-refractivity contribution in [2.24, 2.45) is 5.11 Å². The maximum absolute atomic E-state index is 10.1. The maximum Gasteiger partial charge on any atom is 0.404 e. The molecule has 0 aromatic carbocycles. The lowest BCUT2D eigenvalue weighted by molar-refractivity contribution is 0.177. The zero-order valence-corrected chi connectivity index (χ0v) is 5.82. The van der Waals surface area contributed by atoms with Gasteiger partial charge in [0.05, 0.1) is 0 Å². The average molecular weight is 157 g/mol. The van der Waals surface area contributed by atoms with Gasteiger partial charge in [0, 0.05) is 6.04 Å². The van der Waals surface area contributed by atoms with Gasteiger partial charge in [0.25, 0.3) is 0 Å². The summed E-state index contributed by atoms with van der Waals surface area (Å²) in [5.41, 5.74) is 6.40. The number of carbonyl (C=O) groups is 1. The van der Waals surface area contributed by atoms with Gasteiger partial charge in [-0.1, -0.05) is 0 Å². The molecule has 0 atom stereocenters. The summed E-state index contributed by atoms with van der Waals surface area (Å²) in [7, 11) is 0. The predicted octanol–water partition coefficient (Wildman–Crippen LogP) is 0.335. The normalized spacial score (nSPS) is 28.0. The second-order valence-corrected chi connectivity index (χ2v) is 2.49. The molecule has 0 aromatic heterocycles. The summed E-state index contributed by atoms with van der Waals surface area (Å²) in [4.78, 5) is 12.9. The number of carboxylic acid groups (broad SMARTS) is 1. The van der Waals surface area contributed by atoms with Crippen LogP contribution in [-0.4, -0.2) is 23.3 Å². The molecule has 1 aliphatic rings. The minimum absolute atomic E-state index is 0.00278. The molecule has 0 aliphatic heterocycles. The Kier molecular flexibility index (Phi) is 2.18. The molecule has 0 heterocycles. The highest BCUT2D eigenvalue weighted by molar-refractivity contribution is 5.65. The Labute approximate surface area is 62.8 Å². The van der Waals surface area contributed by atoms with Gasteiger partial charge in [0.15, 0.2) is 0 Å². The number of hydrogen-bond acceptors (Lipinski definition) is 3. The first-order valence-electron chi connectivity index (χ1n) is 3.28. The van der Waals surface area contributed by atoms with E-state index in [0.717, 1.165) is 0 Å². The van der Waals surface area contributed by atoms with E-state index >= 15 is 0 Å². The van der Waals surface area contributed by atoms with E-state index in [1.807, 2.05) is 0 Å². The van der Waals surface area contributed by atoms with Crippen LogP contribution in [0.15, 0.2) is 5.11 Å². The molecule has 0 aromatic rings. The molecule has 60 valence electrons. The van der Waals surface area contributed by atoms with Gasteiger partial charge in [-0.15, -0.1) is 0 Å². The molecule has 1 saturated carbocycles. The molecule has 1 fully saturated rings. The SMILES string of the molecule is N=[N+]=NC1CC(NC(=O)O)C1. The minimum atomic E-state index is -1.00. The highest BCUT2D eigenvalue weighted by Crippen LogP contribution is 2.22. The molecule has 6 nitrogen and oxygen atoms in total. The molecule has 1 aliphatic carbocycles. The Morgan fingerprint density at radius 1 is 1.73 bits per heavy atom. The molecule has 6 heteroatoms. The van der Waals surface area contributed by atoms with E-state index in [1.54, 1.807) is 0 Å². The van der Waals surface area contributed by atoms with E-state index in [9.17, 15) is 4.79 Å². The lowest BCUT2D eigenvalue weighted by atomic mass is 9.88. The van der Waals surface area contributed by atoms with Crippen LogP contribution in [0, 0.1) is 5.53 Å². The predicted molar refractivity (Wildman–Crippen MR) is 35.3 cm³/mol. The van der Waals surface area contributed by atoms with Crippen LogP contribution in [0.25, 0.3) is 0 Å². The Morgan fingerprint density at radius 2 is 2.36 bits per heavy atom. The topological polar surface area (TPSA) is 99.6 Å². The molecule has 3 N–H and O–H groups in total. The van der Waals surface area contributed by atoms with Crippen LogP contribution in [0.3, 0.4) is 0 Å². The van der Waals surface area contributed by atoms with Crippen LogP contribution in [0.2, 0.25) is 0 Å². The summed E-state index contributed by atoms with van der Waals surface area (Å²) in [6.07, 6.45) is 0.319. The van der Waals surface area contributed by atoms with Gasteiger partial charge in [0.2, 0.25) is 4.91 Å². The van der Waals surface area contributed by atoms with Gasteiger partial charge in [-0.25, -0.2) is 4.79 Å². The summed E-state index contributed by atoms with van der Waals surface area (Å²) in [6, 6.07) is 0.0485. The van der Waals surface area contributed by atoms with E-state index in [0.29, 0.717) is 12.8 Å². The van der Waals surface area contributed by atoms with Crippen LogP contribution in [0.4, 0.5) is 4.79 Å². The lowest BCUT2D eigenvalue weighted by Crippen LogP contribution is -2.45. The Hall–Kier alpha value is -1.42. The number of nitrogens with one attached hydrogen (secondary N) is 2. The molecular formula is C5H9N4O2+. The molecule has 0 bridgehead atoms. The van der Waals surface area contributed by atoms with Crippen LogP contribution in [-0.2, 0) is 0 Å². The van der Waals surface area contributed by atoms with Crippen molar-refractivity contribution in [1.82, 2.24) is 10.2 Å². The molecule has 0 unspecified atom stereocenters. The third-order valence-electron chi connectivity index (χ3n) is 1.66. The molecule has 0 radical (unpaired) electrons. The molecule has 1 amide bonds. The fourth-order valence-electron chi connectivity index (χ4n) is 1.06. The van der Waals surface area contributed by atoms with Crippen molar-refractivity contribution in [1.29, 1.82) is 5.53 Å². The van der Waals surface area contributed by atoms with Crippen molar-refractivity contribution < 1.29 is 9.90 Å². The highest BCUT2D eigenvalue weighted by Gasteiger charge is 2.33. The highest BCUT2D eigenvalue weighted by atomic mass is 16.4. The van der Waals surface area contributed by atoms with E-state index in [4.69, 9.17) is 10.6 Å². The Balaban J connectivity index is 2.19. The number of nitrogens with zero attached hydrogens (tertiary/aromatic N) is 2. The Morgan fingerprint density at radius 3 is 2.82 bits per heavy atom. The standard InChI is InChI=1S/C5H8N4O2/c6-9-8-4-1-3(2-4)7-5(10)11/h3-4,6-7H,1-2H2/p+1. The first-order chi connectivity index (χ1) is 5.22. The van der Waals surface area contributed by atoms with Gasteiger partial charge < -0.3 is 10.4 Å². The molecule has 11 heavy (non-hydrogen) atoms. The van der Waals surface area contributed by atoms with Crippen molar-refractivity contribution in [3.8, 4) is 0 Å². The van der Waals surface area contributed by atoms with E-state index in [2.05, 4.69) is 15.3 Å². The number of amides is 1. The molecule has 1 rings (SSSR count). The van der Waals surface area contributed by atoms with Gasteiger partial charge >= 0.3 is 6.09 Å². The minimum Gasteiger partial charge on any atom is -0.465 e. The summed E-state index contributed by atoms with van der Waals surface area (Å²) < 4.78 is 0. The third-order valence-corrected chi connectivity index (χ3v) is 1.66.